The molecule has 2 N–H and O–H groups in total. The number of carbonyl (C=O) groups excluding carboxylic acids is 1. The van der Waals surface area contributed by atoms with E-state index < -0.39 is 15.9 Å². The smallest absolute Gasteiger partial charge is 0.355 e. The van der Waals surface area contributed by atoms with Gasteiger partial charge in [-0.25, -0.2) is 0 Å². The maximum absolute atomic E-state index is 11.3. The number of carbonyl (C=O) groups is 1. The molecule has 17 heavy (non-hydrogen) atoms. The van der Waals surface area contributed by atoms with Crippen LogP contribution in [-0.4, -0.2) is 31.2 Å². The molecule has 1 aromatic rings. The van der Waals surface area contributed by atoms with E-state index in [2.05, 4.69) is 5.32 Å². The quantitative estimate of drug-likeness (QED) is 0.447. The second-order valence-electron chi connectivity index (χ2n) is 3.30. The van der Waals surface area contributed by atoms with Crippen LogP contribution in [0.2, 0.25) is 0 Å². The van der Waals surface area contributed by atoms with Gasteiger partial charge in [-0.05, 0) is 5.56 Å². The Morgan fingerprint density at radius 2 is 1.82 bits per heavy atom. The first-order valence-corrected chi connectivity index (χ1v) is 6.34. The Bertz CT molecular complexity index is 447. The van der Waals surface area contributed by atoms with Crippen LogP contribution in [0.25, 0.3) is 0 Å². The van der Waals surface area contributed by atoms with Crippen LogP contribution in [0.1, 0.15) is 5.56 Å². The van der Waals surface area contributed by atoms with E-state index in [0.29, 0.717) is 0 Å². The minimum Gasteiger partial charge on any atom is -0.355 e. The summed E-state index contributed by atoms with van der Waals surface area (Å²) in [6, 6.07) is 9.10. The molecule has 0 aliphatic carbocycles. The maximum Gasteiger partial charge on any atom is 1.00 e. The van der Waals surface area contributed by atoms with Gasteiger partial charge in [0, 0.05) is 6.54 Å². The van der Waals surface area contributed by atoms with Crippen LogP contribution in [0.15, 0.2) is 30.3 Å². The van der Waals surface area contributed by atoms with Crippen molar-refractivity contribution in [3.63, 3.8) is 0 Å². The van der Waals surface area contributed by atoms with E-state index in [4.69, 9.17) is 4.55 Å². The van der Waals surface area contributed by atoms with Gasteiger partial charge in [0.15, 0.2) is 0 Å². The molecule has 0 radical (unpaired) electrons. The molecular weight excluding hydrogens is 253 g/mol. The number of amides is 1. The average Bonchev–Trinajstić information content (AvgIpc) is 2.17. The number of hydrogen-bond acceptors (Lipinski definition) is 3. The average molecular weight is 266 g/mol. The Kier molecular flexibility index (Phi) is 7.65. The number of nitrogens with one attached hydrogen (secondary N) is 1. The Morgan fingerprint density at radius 1 is 1.24 bits per heavy atom. The molecule has 1 rings (SSSR count). The summed E-state index contributed by atoms with van der Waals surface area (Å²) in [5, 5.41) is 2.41. The molecule has 0 aliphatic heterocycles. The Morgan fingerprint density at radius 3 is 2.35 bits per heavy atom. The molecule has 0 fully saturated rings. The minimum absolute atomic E-state index is 0. The van der Waals surface area contributed by atoms with Crippen molar-refractivity contribution in [3.05, 3.63) is 35.9 Å². The van der Waals surface area contributed by atoms with E-state index in [1.165, 1.54) is 0 Å². The summed E-state index contributed by atoms with van der Waals surface area (Å²) in [6.07, 6.45) is 0.201. The van der Waals surface area contributed by atoms with Crippen LogP contribution in [0, 0.1) is 0 Å². The first-order chi connectivity index (χ1) is 7.47. The summed E-state index contributed by atoms with van der Waals surface area (Å²) in [5.41, 5.74) is 0.854. The van der Waals surface area contributed by atoms with E-state index in [-0.39, 0.29) is 48.4 Å². The molecule has 0 aromatic heterocycles. The first kappa shape index (κ1) is 16.6. The molecule has 0 bridgehead atoms. The third kappa shape index (κ3) is 8.34. The number of rotatable bonds is 5. The molecule has 0 unspecified atom stereocenters. The number of benzene rings is 1. The van der Waals surface area contributed by atoms with Gasteiger partial charge in [0.05, 0.1) is 12.2 Å². The predicted molar refractivity (Wildman–Crippen MR) is 59.6 cm³/mol. The predicted octanol–water partition coefficient (Wildman–Crippen LogP) is -2.76. The largest absolute Gasteiger partial charge is 1.00 e. The van der Waals surface area contributed by atoms with Crippen LogP contribution in [0.5, 0.6) is 0 Å². The Hall–Kier alpha value is -0.400. The van der Waals surface area contributed by atoms with Crippen molar-refractivity contribution >= 4 is 16.0 Å². The summed E-state index contributed by atoms with van der Waals surface area (Å²) in [5.74, 6) is -0.733. The van der Waals surface area contributed by atoms with Gasteiger partial charge in [0.1, 0.15) is 0 Å². The van der Waals surface area contributed by atoms with Gasteiger partial charge in [-0.3, -0.25) is 9.35 Å². The van der Waals surface area contributed by atoms with Gasteiger partial charge in [-0.15, -0.1) is 0 Å². The molecule has 7 heteroatoms. The van der Waals surface area contributed by atoms with Crippen molar-refractivity contribution in [1.29, 1.82) is 0 Å². The number of hydrogen-bond donors (Lipinski definition) is 2. The fourth-order valence-electron chi connectivity index (χ4n) is 1.16. The van der Waals surface area contributed by atoms with Crippen molar-refractivity contribution in [2.24, 2.45) is 0 Å². The molecule has 1 amide bonds. The van der Waals surface area contributed by atoms with E-state index in [0.717, 1.165) is 5.56 Å². The van der Waals surface area contributed by atoms with Crippen LogP contribution < -0.4 is 34.9 Å². The fourth-order valence-corrected chi connectivity index (χ4v) is 1.52. The Labute approximate surface area is 123 Å². The minimum atomic E-state index is -4.01. The zero-order valence-electron chi connectivity index (χ0n) is 9.59. The molecule has 0 spiro atoms. The van der Waals surface area contributed by atoms with Gasteiger partial charge >= 0.3 is 29.6 Å². The molecule has 88 valence electrons. The molecular formula is C10H13NNaO4S+. The fraction of sp³-hybridized carbons (Fsp3) is 0.300. The van der Waals surface area contributed by atoms with E-state index in [9.17, 15) is 13.2 Å². The van der Waals surface area contributed by atoms with Crippen molar-refractivity contribution in [1.82, 2.24) is 5.32 Å². The SMILES string of the molecule is O=C(Cc1ccccc1)NCCS(=O)(=O)O.[Na+]. The normalized spacial score (nSPS) is 10.4. The molecule has 1 aromatic carbocycles. The van der Waals surface area contributed by atoms with Gasteiger partial charge in [-0.2, -0.15) is 8.42 Å². The molecule has 0 heterocycles. The molecule has 0 atom stereocenters. The second-order valence-corrected chi connectivity index (χ2v) is 4.87. The first-order valence-electron chi connectivity index (χ1n) is 4.73. The topological polar surface area (TPSA) is 83.5 Å². The third-order valence-corrected chi connectivity index (χ3v) is 2.61. The summed E-state index contributed by atoms with van der Waals surface area (Å²) in [4.78, 5) is 11.3. The summed E-state index contributed by atoms with van der Waals surface area (Å²) < 4.78 is 29.2. The van der Waals surface area contributed by atoms with E-state index in [1.807, 2.05) is 30.3 Å². The van der Waals surface area contributed by atoms with Crippen molar-refractivity contribution in [2.75, 3.05) is 12.3 Å². The Balaban J connectivity index is 0.00000256. The monoisotopic (exact) mass is 266 g/mol. The van der Waals surface area contributed by atoms with Crippen LogP contribution in [0.4, 0.5) is 0 Å². The van der Waals surface area contributed by atoms with Gasteiger partial charge in [0.2, 0.25) is 5.91 Å². The van der Waals surface area contributed by atoms with E-state index >= 15 is 0 Å². The molecule has 0 saturated carbocycles. The standard InChI is InChI=1S/C10H13NO4S.Na/c12-10(11-6-7-16(13,14)15)8-9-4-2-1-3-5-9;/h1-5H,6-8H2,(H,11,12)(H,13,14,15);/q;+1. The zero-order chi connectivity index (χ0) is 12.0. The molecule has 0 saturated heterocycles. The van der Waals surface area contributed by atoms with Crippen molar-refractivity contribution in [3.8, 4) is 0 Å². The van der Waals surface area contributed by atoms with Gasteiger partial charge in [0.25, 0.3) is 10.1 Å². The summed E-state index contributed by atoms with van der Waals surface area (Å²) >= 11 is 0. The summed E-state index contributed by atoms with van der Waals surface area (Å²) in [6.45, 7) is -0.0789. The van der Waals surface area contributed by atoms with Crippen LogP contribution >= 0.6 is 0 Å². The zero-order valence-corrected chi connectivity index (χ0v) is 12.4. The van der Waals surface area contributed by atoms with Gasteiger partial charge in [-0.1, -0.05) is 30.3 Å². The summed E-state index contributed by atoms with van der Waals surface area (Å²) in [7, 11) is -4.01. The van der Waals surface area contributed by atoms with Crippen molar-refractivity contribution in [2.45, 2.75) is 6.42 Å². The maximum atomic E-state index is 11.3. The third-order valence-electron chi connectivity index (χ3n) is 1.89. The van der Waals surface area contributed by atoms with Gasteiger partial charge < -0.3 is 5.32 Å². The van der Waals surface area contributed by atoms with Crippen LogP contribution in [-0.2, 0) is 21.3 Å². The molecule has 5 nitrogen and oxygen atoms in total. The van der Waals surface area contributed by atoms with Crippen molar-refractivity contribution < 1.29 is 47.3 Å². The molecule has 0 aliphatic rings. The second kappa shape index (κ2) is 7.84. The van der Waals surface area contributed by atoms with E-state index in [1.54, 1.807) is 0 Å². The van der Waals surface area contributed by atoms with Crippen LogP contribution in [0.3, 0.4) is 0 Å².